The molecule has 0 bridgehead atoms. The Balaban J connectivity index is 1.94. The average molecular weight is 283 g/mol. The van der Waals surface area contributed by atoms with Crippen LogP contribution in [0.1, 0.15) is 16.1 Å². The molecule has 0 aliphatic heterocycles. The largest absolute Gasteiger partial charge is 0.472 e. The second-order valence-corrected chi connectivity index (χ2v) is 3.64. The summed E-state index contributed by atoms with van der Waals surface area (Å²) in [6, 6.07) is 4.90. The minimum Gasteiger partial charge on any atom is -0.472 e. The molecule has 0 aliphatic rings. The van der Waals surface area contributed by atoms with Crippen LogP contribution in [0.25, 0.3) is 0 Å². The molecule has 0 radical (unpaired) electrons. The first-order chi connectivity index (χ1) is 7.75. The SMILES string of the molecule is O=C(N/N=C/c1ccoc1)c1ccc(Br)o1. The summed E-state index contributed by atoms with van der Waals surface area (Å²) in [5.74, 6) is -0.221. The van der Waals surface area contributed by atoms with Gasteiger partial charge in [0.25, 0.3) is 0 Å². The molecule has 0 saturated carbocycles. The van der Waals surface area contributed by atoms with Gasteiger partial charge in [0.15, 0.2) is 10.4 Å². The lowest BCUT2D eigenvalue weighted by atomic mass is 10.4. The van der Waals surface area contributed by atoms with Crippen LogP contribution in [-0.4, -0.2) is 12.1 Å². The van der Waals surface area contributed by atoms with Crippen LogP contribution in [-0.2, 0) is 0 Å². The van der Waals surface area contributed by atoms with Gasteiger partial charge in [-0.25, -0.2) is 5.43 Å². The van der Waals surface area contributed by atoms with E-state index >= 15 is 0 Å². The Labute approximate surface area is 99.3 Å². The summed E-state index contributed by atoms with van der Waals surface area (Å²) in [5, 5.41) is 3.74. The molecule has 16 heavy (non-hydrogen) atoms. The van der Waals surface area contributed by atoms with Gasteiger partial charge < -0.3 is 8.83 Å². The fourth-order valence-corrected chi connectivity index (χ4v) is 1.31. The Morgan fingerprint density at radius 1 is 1.44 bits per heavy atom. The molecule has 0 fully saturated rings. The number of nitrogens with zero attached hydrogens (tertiary/aromatic N) is 1. The third-order valence-corrected chi connectivity index (χ3v) is 2.15. The topological polar surface area (TPSA) is 67.7 Å². The molecule has 0 aromatic carbocycles. The van der Waals surface area contributed by atoms with Crippen molar-refractivity contribution in [3.8, 4) is 0 Å². The number of amides is 1. The lowest BCUT2D eigenvalue weighted by molar-refractivity contribution is 0.0926. The van der Waals surface area contributed by atoms with E-state index in [1.54, 1.807) is 18.2 Å². The van der Waals surface area contributed by atoms with Gasteiger partial charge >= 0.3 is 5.91 Å². The van der Waals surface area contributed by atoms with Gasteiger partial charge in [0.2, 0.25) is 0 Å². The van der Waals surface area contributed by atoms with Crippen LogP contribution in [0.4, 0.5) is 0 Å². The molecular formula is C10H7BrN2O3. The molecule has 82 valence electrons. The van der Waals surface area contributed by atoms with E-state index in [1.807, 2.05) is 0 Å². The van der Waals surface area contributed by atoms with Crippen LogP contribution in [0, 0.1) is 0 Å². The summed E-state index contributed by atoms with van der Waals surface area (Å²) in [7, 11) is 0. The second-order valence-electron chi connectivity index (χ2n) is 2.86. The molecule has 2 aromatic rings. The predicted molar refractivity (Wildman–Crippen MR) is 60.2 cm³/mol. The Morgan fingerprint density at radius 3 is 2.94 bits per heavy atom. The van der Waals surface area contributed by atoms with Crippen LogP contribution in [0.2, 0.25) is 0 Å². The van der Waals surface area contributed by atoms with Crippen molar-refractivity contribution in [2.75, 3.05) is 0 Å². The number of rotatable bonds is 3. The highest BCUT2D eigenvalue weighted by molar-refractivity contribution is 9.10. The molecule has 6 heteroatoms. The van der Waals surface area contributed by atoms with E-state index in [-0.39, 0.29) is 5.76 Å². The Morgan fingerprint density at radius 2 is 2.31 bits per heavy atom. The summed E-state index contributed by atoms with van der Waals surface area (Å²) in [5.41, 5.74) is 3.09. The molecule has 1 amide bonds. The number of hydrogen-bond donors (Lipinski definition) is 1. The quantitative estimate of drug-likeness (QED) is 0.694. The zero-order valence-corrected chi connectivity index (χ0v) is 9.60. The van der Waals surface area contributed by atoms with E-state index in [1.165, 1.54) is 18.7 Å². The van der Waals surface area contributed by atoms with E-state index in [0.29, 0.717) is 4.67 Å². The van der Waals surface area contributed by atoms with Crippen LogP contribution in [0.3, 0.4) is 0 Å². The van der Waals surface area contributed by atoms with Crippen LogP contribution in [0.15, 0.2) is 49.3 Å². The predicted octanol–water partition coefficient (Wildman–Crippen LogP) is 2.40. The van der Waals surface area contributed by atoms with Crippen LogP contribution >= 0.6 is 15.9 Å². The van der Waals surface area contributed by atoms with Gasteiger partial charge in [-0.1, -0.05) is 0 Å². The summed E-state index contributed by atoms with van der Waals surface area (Å²) in [6.07, 6.45) is 4.51. The molecule has 0 spiro atoms. The summed E-state index contributed by atoms with van der Waals surface area (Å²) in [4.78, 5) is 11.4. The smallest absolute Gasteiger partial charge is 0.307 e. The third kappa shape index (κ3) is 2.60. The van der Waals surface area contributed by atoms with Gasteiger partial charge in [0, 0.05) is 5.56 Å². The molecule has 0 aliphatic carbocycles. The van der Waals surface area contributed by atoms with E-state index in [0.717, 1.165) is 5.56 Å². The number of hydrogen-bond acceptors (Lipinski definition) is 4. The molecule has 2 rings (SSSR count). The lowest BCUT2D eigenvalue weighted by Gasteiger charge is -1.93. The fourth-order valence-electron chi connectivity index (χ4n) is 1.01. The summed E-state index contributed by atoms with van der Waals surface area (Å²) < 4.78 is 10.4. The van der Waals surface area contributed by atoms with Crippen molar-refractivity contribution in [3.05, 3.63) is 46.7 Å². The monoisotopic (exact) mass is 282 g/mol. The van der Waals surface area contributed by atoms with E-state index in [9.17, 15) is 4.79 Å². The first-order valence-electron chi connectivity index (χ1n) is 4.36. The molecular weight excluding hydrogens is 276 g/mol. The maximum Gasteiger partial charge on any atom is 0.307 e. The molecule has 0 saturated heterocycles. The average Bonchev–Trinajstić information content (AvgIpc) is 2.89. The first-order valence-corrected chi connectivity index (χ1v) is 5.16. The van der Waals surface area contributed by atoms with Gasteiger partial charge in [0.1, 0.15) is 0 Å². The van der Waals surface area contributed by atoms with Gasteiger partial charge in [-0.3, -0.25) is 4.79 Å². The van der Waals surface area contributed by atoms with Crippen LogP contribution < -0.4 is 5.43 Å². The molecule has 0 atom stereocenters. The fraction of sp³-hybridized carbons (Fsp3) is 0. The Bertz CT molecular complexity index is 502. The van der Waals surface area contributed by atoms with Gasteiger partial charge in [-0.2, -0.15) is 5.10 Å². The first kappa shape index (κ1) is 10.7. The molecule has 1 N–H and O–H groups in total. The highest BCUT2D eigenvalue weighted by atomic mass is 79.9. The number of hydrazone groups is 1. The molecule has 0 unspecified atom stereocenters. The van der Waals surface area contributed by atoms with E-state index in [2.05, 4.69) is 26.5 Å². The number of furan rings is 2. The lowest BCUT2D eigenvalue weighted by Crippen LogP contribution is -2.16. The highest BCUT2D eigenvalue weighted by Crippen LogP contribution is 2.13. The Kier molecular flexibility index (Phi) is 3.21. The summed E-state index contributed by atoms with van der Waals surface area (Å²) in [6.45, 7) is 0. The van der Waals surface area contributed by atoms with Crippen molar-refractivity contribution in [3.63, 3.8) is 0 Å². The zero-order valence-electron chi connectivity index (χ0n) is 8.01. The zero-order chi connectivity index (χ0) is 11.4. The number of carbonyl (C=O) groups excluding carboxylic acids is 1. The summed E-state index contributed by atoms with van der Waals surface area (Å²) >= 11 is 3.10. The third-order valence-electron chi connectivity index (χ3n) is 1.72. The van der Waals surface area contributed by atoms with Gasteiger partial charge in [0.05, 0.1) is 18.7 Å². The van der Waals surface area contributed by atoms with E-state index < -0.39 is 5.91 Å². The second kappa shape index (κ2) is 4.80. The minimum atomic E-state index is -0.412. The minimum absolute atomic E-state index is 0.191. The molecule has 5 nitrogen and oxygen atoms in total. The van der Waals surface area contributed by atoms with Crippen molar-refractivity contribution in [1.29, 1.82) is 0 Å². The van der Waals surface area contributed by atoms with E-state index in [4.69, 9.17) is 8.83 Å². The molecule has 2 heterocycles. The van der Waals surface area contributed by atoms with Crippen molar-refractivity contribution in [2.45, 2.75) is 0 Å². The maximum atomic E-state index is 11.4. The van der Waals surface area contributed by atoms with Gasteiger partial charge in [-0.15, -0.1) is 0 Å². The highest BCUT2D eigenvalue weighted by Gasteiger charge is 2.08. The van der Waals surface area contributed by atoms with Crippen molar-refractivity contribution < 1.29 is 13.6 Å². The van der Waals surface area contributed by atoms with Crippen molar-refractivity contribution >= 4 is 28.1 Å². The van der Waals surface area contributed by atoms with Gasteiger partial charge in [-0.05, 0) is 34.1 Å². The standard InChI is InChI=1S/C10H7BrN2O3/c11-9-2-1-8(16-9)10(14)13-12-5-7-3-4-15-6-7/h1-6H,(H,13,14)/b12-5+. The van der Waals surface area contributed by atoms with Crippen molar-refractivity contribution in [2.24, 2.45) is 5.10 Å². The number of nitrogens with one attached hydrogen (secondary N) is 1. The van der Waals surface area contributed by atoms with Crippen LogP contribution in [0.5, 0.6) is 0 Å². The number of halogens is 1. The van der Waals surface area contributed by atoms with Crippen molar-refractivity contribution in [1.82, 2.24) is 5.43 Å². The number of carbonyl (C=O) groups is 1. The maximum absolute atomic E-state index is 11.4. The normalized spacial score (nSPS) is 10.8. The Hall–Kier alpha value is -1.82. The molecule has 2 aromatic heterocycles.